The van der Waals surface area contributed by atoms with Gasteiger partial charge in [-0.05, 0) is 26.0 Å². The van der Waals surface area contributed by atoms with Crippen LogP contribution in [0.2, 0.25) is 0 Å². The van der Waals surface area contributed by atoms with Crippen molar-refractivity contribution in [2.24, 2.45) is 7.05 Å². The van der Waals surface area contributed by atoms with Crippen LogP contribution < -0.4 is 5.32 Å². The van der Waals surface area contributed by atoms with E-state index in [0.717, 1.165) is 18.8 Å². The van der Waals surface area contributed by atoms with Crippen LogP contribution in [0.15, 0.2) is 18.3 Å². The third kappa shape index (κ3) is 2.71. The predicted octanol–water partition coefficient (Wildman–Crippen LogP) is 2.39. The Balaban J connectivity index is 1.86. The van der Waals surface area contributed by atoms with Gasteiger partial charge in [0, 0.05) is 41.7 Å². The second-order valence-electron chi connectivity index (χ2n) is 4.03. The van der Waals surface area contributed by atoms with E-state index < -0.39 is 0 Å². The molecular weight excluding hydrogens is 218 g/mol. The summed E-state index contributed by atoms with van der Waals surface area (Å²) in [4.78, 5) is 2.76. The van der Waals surface area contributed by atoms with Gasteiger partial charge in [-0.15, -0.1) is 11.3 Å². The van der Waals surface area contributed by atoms with Crippen molar-refractivity contribution < 1.29 is 0 Å². The average molecular weight is 235 g/mol. The summed E-state index contributed by atoms with van der Waals surface area (Å²) in [5.74, 6) is 0. The summed E-state index contributed by atoms with van der Waals surface area (Å²) in [7, 11) is 1.96. The number of hydrogen-bond donors (Lipinski definition) is 1. The van der Waals surface area contributed by atoms with Crippen LogP contribution >= 0.6 is 11.3 Å². The van der Waals surface area contributed by atoms with Crippen molar-refractivity contribution in [1.29, 1.82) is 0 Å². The molecule has 0 saturated carbocycles. The fourth-order valence-electron chi connectivity index (χ4n) is 1.72. The van der Waals surface area contributed by atoms with Gasteiger partial charge >= 0.3 is 0 Å². The third-order valence-electron chi connectivity index (χ3n) is 2.53. The lowest BCUT2D eigenvalue weighted by atomic mass is 10.2. The Labute approximate surface area is 100 Å². The van der Waals surface area contributed by atoms with Gasteiger partial charge in [0.15, 0.2) is 0 Å². The molecule has 1 N–H and O–H groups in total. The molecule has 0 aromatic carbocycles. The summed E-state index contributed by atoms with van der Waals surface area (Å²) in [6, 6.07) is 4.35. The number of rotatable bonds is 4. The molecule has 2 aromatic rings. The van der Waals surface area contributed by atoms with Gasteiger partial charge in [0.1, 0.15) is 0 Å². The molecule has 2 rings (SSSR count). The summed E-state index contributed by atoms with van der Waals surface area (Å²) >= 11 is 1.85. The molecule has 0 aliphatic heterocycles. The molecule has 0 fully saturated rings. The quantitative estimate of drug-likeness (QED) is 0.882. The Morgan fingerprint density at radius 3 is 2.69 bits per heavy atom. The highest BCUT2D eigenvalue weighted by atomic mass is 32.1. The molecule has 4 heteroatoms. The molecule has 0 atom stereocenters. The van der Waals surface area contributed by atoms with E-state index in [1.54, 1.807) is 0 Å². The standard InChI is InChI=1S/C12H17N3S/c1-9-4-5-12(16-9)7-13-6-11-8-15(3)14-10(11)2/h4-5,8,13H,6-7H2,1-3H3. The van der Waals surface area contributed by atoms with Crippen LogP contribution in [0.4, 0.5) is 0 Å². The van der Waals surface area contributed by atoms with Crippen molar-refractivity contribution in [2.45, 2.75) is 26.9 Å². The first-order valence-corrected chi connectivity index (χ1v) is 6.22. The van der Waals surface area contributed by atoms with Crippen molar-refractivity contribution in [3.05, 3.63) is 39.3 Å². The summed E-state index contributed by atoms with van der Waals surface area (Å²) < 4.78 is 1.86. The molecule has 16 heavy (non-hydrogen) atoms. The lowest BCUT2D eigenvalue weighted by molar-refractivity contribution is 0.697. The number of nitrogens with zero attached hydrogens (tertiary/aromatic N) is 2. The molecule has 0 radical (unpaired) electrons. The minimum atomic E-state index is 0.886. The summed E-state index contributed by atoms with van der Waals surface area (Å²) in [5, 5.41) is 7.76. The monoisotopic (exact) mass is 235 g/mol. The first-order valence-electron chi connectivity index (χ1n) is 5.40. The number of hydrogen-bond acceptors (Lipinski definition) is 3. The van der Waals surface area contributed by atoms with Gasteiger partial charge < -0.3 is 5.32 Å². The zero-order valence-corrected chi connectivity index (χ0v) is 10.8. The predicted molar refractivity (Wildman–Crippen MR) is 67.5 cm³/mol. The van der Waals surface area contributed by atoms with Gasteiger partial charge in [0.05, 0.1) is 5.69 Å². The molecule has 0 aliphatic carbocycles. The Morgan fingerprint density at radius 2 is 2.12 bits per heavy atom. The van der Waals surface area contributed by atoms with Gasteiger partial charge in [0.2, 0.25) is 0 Å². The molecule has 0 saturated heterocycles. The first-order chi connectivity index (χ1) is 7.65. The number of aryl methyl sites for hydroxylation is 3. The normalized spacial score (nSPS) is 10.9. The largest absolute Gasteiger partial charge is 0.308 e. The summed E-state index contributed by atoms with van der Waals surface area (Å²) in [6.45, 7) is 6.01. The maximum atomic E-state index is 4.32. The fraction of sp³-hybridized carbons (Fsp3) is 0.417. The summed E-state index contributed by atoms with van der Waals surface area (Å²) in [5.41, 5.74) is 2.38. The van der Waals surface area contributed by atoms with Crippen molar-refractivity contribution in [3.63, 3.8) is 0 Å². The third-order valence-corrected chi connectivity index (χ3v) is 3.53. The lowest BCUT2D eigenvalue weighted by Crippen LogP contribution is -2.11. The molecule has 2 aromatic heterocycles. The SMILES string of the molecule is Cc1ccc(CNCc2cn(C)nc2C)s1. The molecule has 2 heterocycles. The van der Waals surface area contributed by atoms with Gasteiger partial charge in [-0.25, -0.2) is 0 Å². The Hall–Kier alpha value is -1.13. The molecule has 0 aliphatic rings. The highest BCUT2D eigenvalue weighted by Gasteiger charge is 2.02. The maximum Gasteiger partial charge on any atom is 0.0638 e. The van der Waals surface area contributed by atoms with E-state index in [0.29, 0.717) is 0 Å². The average Bonchev–Trinajstić information content (AvgIpc) is 2.74. The summed E-state index contributed by atoms with van der Waals surface area (Å²) in [6.07, 6.45) is 2.07. The van der Waals surface area contributed by atoms with Gasteiger partial charge in [0.25, 0.3) is 0 Å². The second-order valence-corrected chi connectivity index (χ2v) is 5.40. The van der Waals surface area contributed by atoms with Gasteiger partial charge in [-0.1, -0.05) is 0 Å². The topological polar surface area (TPSA) is 29.9 Å². The van der Waals surface area contributed by atoms with Crippen molar-refractivity contribution in [3.8, 4) is 0 Å². The van der Waals surface area contributed by atoms with Crippen LogP contribution in [0.25, 0.3) is 0 Å². The minimum Gasteiger partial charge on any atom is -0.308 e. The molecular formula is C12H17N3S. The van der Waals surface area contributed by atoms with E-state index in [-0.39, 0.29) is 0 Å². The van der Waals surface area contributed by atoms with Crippen molar-refractivity contribution in [1.82, 2.24) is 15.1 Å². The van der Waals surface area contributed by atoms with E-state index in [2.05, 4.69) is 35.7 Å². The Kier molecular flexibility index (Phi) is 3.41. The lowest BCUT2D eigenvalue weighted by Gasteiger charge is -2.01. The van der Waals surface area contributed by atoms with Crippen LogP contribution in [0.1, 0.15) is 21.0 Å². The molecule has 3 nitrogen and oxygen atoms in total. The van der Waals surface area contributed by atoms with E-state index in [1.165, 1.54) is 15.3 Å². The number of aromatic nitrogens is 2. The Bertz CT molecular complexity index is 470. The van der Waals surface area contributed by atoms with Gasteiger partial charge in [-0.2, -0.15) is 5.10 Å². The van der Waals surface area contributed by atoms with Gasteiger partial charge in [-0.3, -0.25) is 4.68 Å². The van der Waals surface area contributed by atoms with Crippen LogP contribution in [0.5, 0.6) is 0 Å². The van der Waals surface area contributed by atoms with Crippen LogP contribution in [-0.2, 0) is 20.1 Å². The van der Waals surface area contributed by atoms with E-state index in [4.69, 9.17) is 0 Å². The van der Waals surface area contributed by atoms with Crippen molar-refractivity contribution in [2.75, 3.05) is 0 Å². The second kappa shape index (κ2) is 4.80. The van der Waals surface area contributed by atoms with Crippen LogP contribution in [0, 0.1) is 13.8 Å². The highest BCUT2D eigenvalue weighted by molar-refractivity contribution is 7.11. The van der Waals surface area contributed by atoms with E-state index in [9.17, 15) is 0 Å². The van der Waals surface area contributed by atoms with E-state index in [1.807, 2.05) is 30.0 Å². The first kappa shape index (κ1) is 11.4. The molecule has 86 valence electrons. The molecule has 0 amide bonds. The zero-order valence-electron chi connectivity index (χ0n) is 9.95. The highest BCUT2D eigenvalue weighted by Crippen LogP contribution is 2.14. The number of nitrogens with one attached hydrogen (secondary N) is 1. The fourth-order valence-corrected chi connectivity index (χ4v) is 2.58. The van der Waals surface area contributed by atoms with Crippen LogP contribution in [0.3, 0.4) is 0 Å². The molecule has 0 bridgehead atoms. The van der Waals surface area contributed by atoms with Crippen molar-refractivity contribution >= 4 is 11.3 Å². The maximum absolute atomic E-state index is 4.32. The minimum absolute atomic E-state index is 0.886. The smallest absolute Gasteiger partial charge is 0.0638 e. The Morgan fingerprint density at radius 1 is 1.31 bits per heavy atom. The number of thiophene rings is 1. The molecule has 0 spiro atoms. The van der Waals surface area contributed by atoms with Crippen LogP contribution in [-0.4, -0.2) is 9.78 Å². The van der Waals surface area contributed by atoms with E-state index >= 15 is 0 Å². The molecule has 0 unspecified atom stereocenters. The zero-order chi connectivity index (χ0) is 11.5.